The molecule has 0 aromatic carbocycles. The molecule has 3 heterocycles. The molecule has 0 bridgehead atoms. The third kappa shape index (κ3) is 11.4. The fourth-order valence-electron chi connectivity index (χ4n) is 3.98. The molecule has 3 rings (SSSR count). The molecule has 6 unspecified atom stereocenters. The van der Waals surface area contributed by atoms with Gasteiger partial charge in [0.2, 0.25) is 0 Å². The van der Waals surface area contributed by atoms with E-state index in [9.17, 15) is 28.4 Å². The van der Waals surface area contributed by atoms with Gasteiger partial charge in [-0.25, -0.2) is 9.13 Å². The Labute approximate surface area is 230 Å². The summed E-state index contributed by atoms with van der Waals surface area (Å²) in [6.45, 7) is 13.4. The first-order valence-corrected chi connectivity index (χ1v) is 17.9. The predicted octanol–water partition coefficient (Wildman–Crippen LogP) is 3.25. The van der Waals surface area contributed by atoms with E-state index < -0.39 is 78.2 Å². The molecule has 0 aromatic rings. The van der Waals surface area contributed by atoms with Crippen molar-refractivity contribution >= 4 is 23.2 Å². The molecular formula is C21H45O15P3. The normalized spacial score (nSPS) is 38.9. The van der Waals surface area contributed by atoms with Gasteiger partial charge in [-0.1, -0.05) is 27.7 Å². The van der Waals surface area contributed by atoms with Crippen LogP contribution in [0, 0.1) is 0 Å². The molecule has 39 heavy (non-hydrogen) atoms. The lowest BCUT2D eigenvalue weighted by molar-refractivity contribution is -0.0259. The van der Waals surface area contributed by atoms with E-state index in [0.29, 0.717) is 0 Å². The highest BCUT2D eigenvalue weighted by molar-refractivity contribution is 7.52. The van der Waals surface area contributed by atoms with Crippen molar-refractivity contribution in [1.82, 2.24) is 0 Å². The van der Waals surface area contributed by atoms with E-state index in [1.807, 2.05) is 27.7 Å². The van der Waals surface area contributed by atoms with Crippen LogP contribution in [0.1, 0.15) is 48.5 Å². The third-order valence-corrected chi connectivity index (χ3v) is 8.45. The van der Waals surface area contributed by atoms with Crippen molar-refractivity contribution in [1.29, 1.82) is 0 Å². The summed E-state index contributed by atoms with van der Waals surface area (Å²) in [6.07, 6.45) is -8.38. The number of rotatable bonds is 11. The second kappa shape index (κ2) is 16.2. The van der Waals surface area contributed by atoms with Crippen molar-refractivity contribution in [2.24, 2.45) is 0 Å². The second-order valence-corrected chi connectivity index (χ2v) is 13.2. The average molecular weight is 630 g/mol. The van der Waals surface area contributed by atoms with Crippen LogP contribution in [0.3, 0.4) is 0 Å². The van der Waals surface area contributed by atoms with Crippen LogP contribution in [-0.4, -0.2) is 103 Å². The smallest absolute Gasteiger partial charge is 0.376 e. The van der Waals surface area contributed by atoms with Crippen molar-refractivity contribution in [2.45, 2.75) is 103 Å². The fourth-order valence-corrected chi connectivity index (χ4v) is 7.12. The third-order valence-electron chi connectivity index (χ3n) is 5.72. The summed E-state index contributed by atoms with van der Waals surface area (Å²) in [4.78, 5) is 30.2. The molecule has 0 aliphatic carbocycles. The average Bonchev–Trinajstić information content (AvgIpc) is 3.48. The maximum Gasteiger partial charge on any atom is 0.473 e. The van der Waals surface area contributed by atoms with Gasteiger partial charge >= 0.3 is 23.2 Å². The Hall–Kier alpha value is 0.210. The summed E-state index contributed by atoms with van der Waals surface area (Å²) in [5.74, 6) is 0. The van der Waals surface area contributed by atoms with E-state index in [1.165, 1.54) is 14.0 Å². The molecule has 3 fully saturated rings. The number of hydrogen-bond donors (Lipinski definition) is 3. The summed E-state index contributed by atoms with van der Waals surface area (Å²) >= 11 is 0. The van der Waals surface area contributed by atoms with Crippen LogP contribution >= 0.6 is 23.2 Å². The summed E-state index contributed by atoms with van der Waals surface area (Å²) in [5.41, 5.74) is 0. The number of hydrogen-bond acceptors (Lipinski definition) is 12. The van der Waals surface area contributed by atoms with Gasteiger partial charge in [-0.15, -0.1) is 0 Å². The molecule has 234 valence electrons. The molecule has 3 aliphatic heterocycles. The summed E-state index contributed by atoms with van der Waals surface area (Å²) in [7, 11) is -12.1. The first kappa shape index (κ1) is 37.2. The Morgan fingerprint density at radius 3 is 1.23 bits per heavy atom. The van der Waals surface area contributed by atoms with Crippen LogP contribution in [0.25, 0.3) is 0 Å². The molecule has 0 saturated carbocycles. The predicted molar refractivity (Wildman–Crippen MR) is 139 cm³/mol. The topological polar surface area (TPSA) is 195 Å². The highest BCUT2D eigenvalue weighted by Gasteiger charge is 2.49. The molecule has 0 spiro atoms. The standard InChI is InChI=1S/C17H33O15P3.2C2H6/c1-9-15(12(24-4)6-25-9)31-34(20,21)29-14-8-27-11(3)17(14)32-35(22,23)28-13-7-26-10(2)16(13)30-33(5,18)19;2*1-2/h9-17H,6-8H2,1-5H3,(H,18,19)(H,20,21)(H,22,23);2*1-2H3/t9?,10?,11?,12-,13-,14-,15+,16+,17+;;/m0../s1. The number of ether oxygens (including phenoxy) is 4. The zero-order valence-corrected chi connectivity index (χ0v) is 26.6. The van der Waals surface area contributed by atoms with Crippen LogP contribution in [0.2, 0.25) is 0 Å². The van der Waals surface area contributed by atoms with Gasteiger partial charge in [0.05, 0.1) is 38.1 Å². The van der Waals surface area contributed by atoms with Crippen LogP contribution in [-0.2, 0) is 55.3 Å². The van der Waals surface area contributed by atoms with E-state index in [1.54, 1.807) is 13.8 Å². The Morgan fingerprint density at radius 2 is 0.897 bits per heavy atom. The lowest BCUT2D eigenvalue weighted by atomic mass is 10.2. The minimum atomic E-state index is -4.86. The highest BCUT2D eigenvalue weighted by Crippen LogP contribution is 2.54. The zero-order valence-electron chi connectivity index (χ0n) is 23.9. The van der Waals surface area contributed by atoms with E-state index in [-0.39, 0.29) is 19.8 Å². The van der Waals surface area contributed by atoms with Crippen molar-refractivity contribution < 1.29 is 69.9 Å². The quantitative estimate of drug-likeness (QED) is 0.281. The fraction of sp³-hybridized carbons (Fsp3) is 1.00. The number of phosphoric ester groups is 2. The lowest BCUT2D eigenvalue weighted by Crippen LogP contribution is -2.36. The SMILES string of the molecule is CC.CC.CO[C@H]1COC(C)[C@H]1OP(=O)(O)O[C@H]1COC(C)[C@H]1OP(=O)(O)O[C@H]1COC(C)[C@H]1OP(C)(=O)O. The molecule has 3 saturated heterocycles. The summed E-state index contributed by atoms with van der Waals surface area (Å²) in [5, 5.41) is 0. The van der Waals surface area contributed by atoms with Gasteiger partial charge in [-0.2, -0.15) is 0 Å². The van der Waals surface area contributed by atoms with Gasteiger partial charge in [0.15, 0.2) is 0 Å². The maximum atomic E-state index is 12.8. The van der Waals surface area contributed by atoms with Gasteiger partial charge in [0.25, 0.3) is 0 Å². The zero-order chi connectivity index (χ0) is 30.2. The largest absolute Gasteiger partial charge is 0.473 e. The highest BCUT2D eigenvalue weighted by atomic mass is 31.2. The van der Waals surface area contributed by atoms with Gasteiger partial charge in [0.1, 0.15) is 36.6 Å². The van der Waals surface area contributed by atoms with Crippen LogP contribution in [0.4, 0.5) is 0 Å². The summed E-state index contributed by atoms with van der Waals surface area (Å²) in [6, 6.07) is 0. The summed E-state index contributed by atoms with van der Waals surface area (Å²) < 4.78 is 84.3. The van der Waals surface area contributed by atoms with Crippen LogP contribution < -0.4 is 0 Å². The van der Waals surface area contributed by atoms with Gasteiger partial charge in [0, 0.05) is 13.8 Å². The minimum Gasteiger partial charge on any atom is -0.376 e. The van der Waals surface area contributed by atoms with E-state index in [4.69, 9.17) is 41.6 Å². The lowest BCUT2D eigenvalue weighted by Gasteiger charge is -2.28. The van der Waals surface area contributed by atoms with Crippen LogP contribution in [0.15, 0.2) is 0 Å². The molecule has 18 heteroatoms. The molecule has 0 amide bonds. The van der Waals surface area contributed by atoms with Crippen molar-refractivity contribution in [3.05, 3.63) is 0 Å². The van der Waals surface area contributed by atoms with Crippen molar-refractivity contribution in [3.63, 3.8) is 0 Å². The second-order valence-electron chi connectivity index (χ2n) is 8.63. The molecule has 12 atom stereocenters. The molecule has 0 radical (unpaired) electrons. The first-order valence-electron chi connectivity index (χ1n) is 12.9. The monoisotopic (exact) mass is 630 g/mol. The Bertz CT molecular complexity index is 870. The Kier molecular flexibility index (Phi) is 15.4. The molecular weight excluding hydrogens is 585 g/mol. The maximum absolute atomic E-state index is 12.8. The molecule has 3 aliphatic rings. The number of phosphoric acid groups is 2. The molecule has 15 nitrogen and oxygen atoms in total. The Balaban J connectivity index is 0.00000181. The molecule has 3 N–H and O–H groups in total. The molecule has 0 aromatic heterocycles. The number of methoxy groups -OCH3 is 1. The van der Waals surface area contributed by atoms with Gasteiger partial charge in [-0.3, -0.25) is 27.2 Å². The van der Waals surface area contributed by atoms with Gasteiger partial charge in [-0.05, 0) is 20.8 Å². The van der Waals surface area contributed by atoms with Crippen molar-refractivity contribution in [3.8, 4) is 0 Å². The van der Waals surface area contributed by atoms with Crippen LogP contribution in [0.5, 0.6) is 0 Å². The van der Waals surface area contributed by atoms with E-state index >= 15 is 0 Å². The first-order chi connectivity index (χ1) is 18.1. The van der Waals surface area contributed by atoms with Gasteiger partial charge < -0.3 is 33.6 Å². The van der Waals surface area contributed by atoms with E-state index in [0.717, 1.165) is 6.66 Å². The van der Waals surface area contributed by atoms with E-state index in [2.05, 4.69) is 0 Å². The Morgan fingerprint density at radius 1 is 0.590 bits per heavy atom. The van der Waals surface area contributed by atoms with Crippen molar-refractivity contribution in [2.75, 3.05) is 33.6 Å². The minimum absolute atomic E-state index is 0.167.